The van der Waals surface area contributed by atoms with Crippen LogP contribution >= 0.6 is 0 Å². The van der Waals surface area contributed by atoms with Crippen LogP contribution in [0, 0.1) is 23.5 Å². The highest BCUT2D eigenvalue weighted by Gasteiger charge is 2.25. The van der Waals surface area contributed by atoms with Crippen LogP contribution in [0.2, 0.25) is 0 Å². The summed E-state index contributed by atoms with van der Waals surface area (Å²) in [6.45, 7) is 0.248. The Hall–Kier alpha value is -3.45. The highest BCUT2D eigenvalue weighted by atomic mass is 19.1. The largest absolute Gasteiger partial charge is 0.475 e. The molecule has 1 aliphatic rings. The van der Waals surface area contributed by atoms with Crippen molar-refractivity contribution in [1.29, 1.82) is 0 Å². The maximum atomic E-state index is 13.9. The predicted octanol–water partition coefficient (Wildman–Crippen LogP) is 4.88. The first-order chi connectivity index (χ1) is 13.2. The Balaban J connectivity index is 1.53. The van der Waals surface area contributed by atoms with Gasteiger partial charge in [0.1, 0.15) is 29.8 Å². The standard InChI is InChI=1S/C23H15F2NO/c24-19-7-4-8-20(25)22(19)23-26-21(15-27-23)18-13-11-17(12-14-18)10-9-16-5-2-1-3-6-16/h1-8,11-14,21H,15H2. The van der Waals surface area contributed by atoms with Crippen LogP contribution in [0.3, 0.4) is 0 Å². The maximum absolute atomic E-state index is 13.9. The Kier molecular flexibility index (Phi) is 4.67. The molecule has 0 amide bonds. The van der Waals surface area contributed by atoms with Gasteiger partial charge >= 0.3 is 0 Å². The molecule has 3 aromatic rings. The zero-order valence-electron chi connectivity index (χ0n) is 14.3. The molecule has 2 nitrogen and oxygen atoms in total. The number of benzene rings is 3. The van der Waals surface area contributed by atoms with Crippen molar-refractivity contribution < 1.29 is 13.5 Å². The van der Waals surface area contributed by atoms with Crippen molar-refractivity contribution in [2.45, 2.75) is 6.04 Å². The molecule has 1 unspecified atom stereocenters. The molecule has 132 valence electrons. The van der Waals surface area contributed by atoms with E-state index in [1.54, 1.807) is 0 Å². The van der Waals surface area contributed by atoms with Crippen molar-refractivity contribution in [2.24, 2.45) is 4.99 Å². The van der Waals surface area contributed by atoms with Gasteiger partial charge in [-0.3, -0.25) is 0 Å². The molecule has 0 N–H and O–H groups in total. The predicted molar refractivity (Wildman–Crippen MR) is 100 cm³/mol. The highest BCUT2D eigenvalue weighted by molar-refractivity contribution is 5.95. The maximum Gasteiger partial charge on any atom is 0.222 e. The lowest BCUT2D eigenvalue weighted by atomic mass is 10.1. The Bertz CT molecular complexity index is 1030. The smallest absolute Gasteiger partial charge is 0.222 e. The molecule has 4 heteroatoms. The molecule has 1 aliphatic heterocycles. The van der Waals surface area contributed by atoms with Crippen molar-refractivity contribution in [1.82, 2.24) is 0 Å². The number of hydrogen-bond acceptors (Lipinski definition) is 2. The van der Waals surface area contributed by atoms with Crippen LogP contribution in [0.25, 0.3) is 0 Å². The molecule has 0 saturated heterocycles. The number of ether oxygens (including phenoxy) is 1. The van der Waals surface area contributed by atoms with Gasteiger partial charge < -0.3 is 4.74 Å². The summed E-state index contributed by atoms with van der Waals surface area (Å²) in [6.07, 6.45) is 0. The Labute approximate surface area is 156 Å². The fourth-order valence-corrected chi connectivity index (χ4v) is 2.84. The minimum atomic E-state index is -0.680. The second-order valence-electron chi connectivity index (χ2n) is 6.10. The molecule has 0 radical (unpaired) electrons. The summed E-state index contributed by atoms with van der Waals surface area (Å²) in [5.41, 5.74) is 2.52. The minimum Gasteiger partial charge on any atom is -0.475 e. The van der Waals surface area contributed by atoms with Gasteiger partial charge in [0.25, 0.3) is 0 Å². The van der Waals surface area contributed by atoms with E-state index < -0.39 is 11.6 Å². The van der Waals surface area contributed by atoms with E-state index in [1.165, 1.54) is 18.2 Å². The molecule has 0 bridgehead atoms. The highest BCUT2D eigenvalue weighted by Crippen LogP contribution is 2.27. The summed E-state index contributed by atoms with van der Waals surface area (Å²) in [5.74, 6) is 4.86. The molecular weight excluding hydrogens is 344 g/mol. The lowest BCUT2D eigenvalue weighted by Gasteiger charge is -2.04. The summed E-state index contributed by atoms with van der Waals surface area (Å²) >= 11 is 0. The number of aliphatic imine (C=N–C) groups is 1. The normalized spacial score (nSPS) is 15.5. The number of halogens is 2. The van der Waals surface area contributed by atoms with Crippen LogP contribution in [-0.2, 0) is 4.74 Å². The number of hydrogen-bond donors (Lipinski definition) is 0. The van der Waals surface area contributed by atoms with Gasteiger partial charge in [0, 0.05) is 11.1 Å². The molecule has 1 atom stereocenters. The van der Waals surface area contributed by atoms with Gasteiger partial charge in [0.15, 0.2) is 0 Å². The van der Waals surface area contributed by atoms with E-state index in [0.717, 1.165) is 16.7 Å². The first-order valence-electron chi connectivity index (χ1n) is 8.53. The summed E-state index contributed by atoms with van der Waals surface area (Å²) < 4.78 is 33.2. The lowest BCUT2D eigenvalue weighted by Crippen LogP contribution is -2.07. The third-order valence-electron chi connectivity index (χ3n) is 4.25. The lowest BCUT2D eigenvalue weighted by molar-refractivity contribution is 0.317. The fourth-order valence-electron chi connectivity index (χ4n) is 2.84. The van der Waals surface area contributed by atoms with E-state index in [2.05, 4.69) is 16.8 Å². The van der Waals surface area contributed by atoms with Crippen LogP contribution in [0.1, 0.15) is 28.3 Å². The Morgan fingerprint density at radius 2 is 1.41 bits per heavy atom. The topological polar surface area (TPSA) is 21.6 Å². The van der Waals surface area contributed by atoms with Crippen LogP contribution in [0.15, 0.2) is 77.8 Å². The van der Waals surface area contributed by atoms with Gasteiger partial charge in [0.05, 0.1) is 0 Å². The van der Waals surface area contributed by atoms with Gasteiger partial charge in [-0.2, -0.15) is 0 Å². The average molecular weight is 359 g/mol. The van der Waals surface area contributed by atoms with Gasteiger partial charge in [-0.05, 0) is 42.0 Å². The van der Waals surface area contributed by atoms with E-state index in [0.29, 0.717) is 0 Å². The summed E-state index contributed by atoms with van der Waals surface area (Å²) in [6, 6.07) is 20.8. The van der Waals surface area contributed by atoms with Crippen LogP contribution in [-0.4, -0.2) is 12.5 Å². The fraction of sp³-hybridized carbons (Fsp3) is 0.0870. The molecule has 0 saturated carbocycles. The monoisotopic (exact) mass is 359 g/mol. The average Bonchev–Trinajstić information content (AvgIpc) is 3.17. The molecule has 0 fully saturated rings. The summed E-state index contributed by atoms with van der Waals surface area (Å²) in [7, 11) is 0. The number of rotatable bonds is 2. The first kappa shape index (κ1) is 17.0. The third-order valence-corrected chi connectivity index (χ3v) is 4.25. The van der Waals surface area contributed by atoms with Gasteiger partial charge in [-0.15, -0.1) is 0 Å². The molecule has 0 aliphatic carbocycles. The molecule has 4 rings (SSSR count). The zero-order valence-corrected chi connectivity index (χ0v) is 14.3. The van der Waals surface area contributed by atoms with E-state index >= 15 is 0 Å². The molecule has 1 heterocycles. The van der Waals surface area contributed by atoms with Crippen molar-refractivity contribution in [2.75, 3.05) is 6.61 Å². The molecular formula is C23H15F2NO. The second kappa shape index (κ2) is 7.43. The van der Waals surface area contributed by atoms with Crippen LogP contribution in [0.5, 0.6) is 0 Å². The van der Waals surface area contributed by atoms with Crippen molar-refractivity contribution >= 4 is 5.90 Å². The van der Waals surface area contributed by atoms with Crippen LogP contribution in [0.4, 0.5) is 8.78 Å². The molecule has 0 aromatic heterocycles. The quantitative estimate of drug-likeness (QED) is 0.598. The van der Waals surface area contributed by atoms with Gasteiger partial charge in [0.2, 0.25) is 5.90 Å². The van der Waals surface area contributed by atoms with E-state index in [-0.39, 0.29) is 24.1 Å². The first-order valence-corrected chi connectivity index (χ1v) is 8.53. The SMILES string of the molecule is Fc1cccc(F)c1C1=NC(c2ccc(C#Cc3ccccc3)cc2)CO1. The van der Waals surface area contributed by atoms with E-state index in [9.17, 15) is 8.78 Å². The summed E-state index contributed by atoms with van der Waals surface area (Å²) in [4.78, 5) is 4.35. The van der Waals surface area contributed by atoms with Gasteiger partial charge in [-0.1, -0.05) is 48.2 Å². The van der Waals surface area contributed by atoms with E-state index in [1.807, 2.05) is 54.6 Å². The summed E-state index contributed by atoms with van der Waals surface area (Å²) in [5, 5.41) is 0. The molecule has 3 aromatic carbocycles. The molecule has 27 heavy (non-hydrogen) atoms. The van der Waals surface area contributed by atoms with Gasteiger partial charge in [-0.25, -0.2) is 13.8 Å². The van der Waals surface area contributed by atoms with E-state index in [4.69, 9.17) is 4.74 Å². The minimum absolute atomic E-state index is 0.00328. The Morgan fingerprint density at radius 3 is 2.07 bits per heavy atom. The number of nitrogens with zero attached hydrogens (tertiary/aromatic N) is 1. The van der Waals surface area contributed by atoms with Crippen molar-refractivity contribution in [3.8, 4) is 11.8 Å². The van der Waals surface area contributed by atoms with Crippen molar-refractivity contribution in [3.63, 3.8) is 0 Å². The second-order valence-corrected chi connectivity index (χ2v) is 6.10. The van der Waals surface area contributed by atoms with Crippen LogP contribution < -0.4 is 0 Å². The zero-order chi connectivity index (χ0) is 18.6. The Morgan fingerprint density at radius 1 is 0.778 bits per heavy atom. The molecule has 0 spiro atoms. The third kappa shape index (κ3) is 3.73. The van der Waals surface area contributed by atoms with Crippen molar-refractivity contribution in [3.05, 3.63) is 107 Å².